The molecule has 2 saturated heterocycles. The van der Waals surface area contributed by atoms with E-state index in [1.165, 1.54) is 154 Å². The highest BCUT2D eigenvalue weighted by Crippen LogP contribution is 2.30. The summed E-state index contributed by atoms with van der Waals surface area (Å²) in [5, 5.41) is 87.0. The zero-order valence-electron chi connectivity index (χ0n) is 44.7. The molecular weight excluding hydrogens is 907 g/mol. The topological polar surface area (TPSA) is 228 Å². The van der Waals surface area contributed by atoms with Gasteiger partial charge in [-0.15, -0.1) is 0 Å². The van der Waals surface area contributed by atoms with Gasteiger partial charge in [-0.05, 0) is 44.9 Å². The van der Waals surface area contributed by atoms with Crippen molar-refractivity contribution in [1.82, 2.24) is 5.32 Å². The van der Waals surface area contributed by atoms with Crippen molar-refractivity contribution in [3.8, 4) is 0 Å². The van der Waals surface area contributed by atoms with Crippen molar-refractivity contribution in [3.63, 3.8) is 0 Å². The van der Waals surface area contributed by atoms with Crippen LogP contribution in [0.2, 0.25) is 0 Å². The van der Waals surface area contributed by atoms with E-state index in [0.29, 0.717) is 6.42 Å². The Kier molecular flexibility index (Phi) is 40.4. The lowest BCUT2D eigenvalue weighted by Gasteiger charge is -2.46. The highest BCUT2D eigenvalue weighted by atomic mass is 16.7. The lowest BCUT2D eigenvalue weighted by Crippen LogP contribution is -2.65. The molecule has 14 nitrogen and oxygen atoms in total. The average molecular weight is 1010 g/mol. The van der Waals surface area contributed by atoms with Gasteiger partial charge in [-0.25, -0.2) is 0 Å². The molecule has 0 radical (unpaired) electrons. The molecular formula is C57H107NO13. The Morgan fingerprint density at radius 1 is 0.493 bits per heavy atom. The van der Waals surface area contributed by atoms with Gasteiger partial charge in [0.05, 0.1) is 32.0 Å². The van der Waals surface area contributed by atoms with Crippen LogP contribution in [0.1, 0.15) is 239 Å². The number of rotatable bonds is 46. The van der Waals surface area contributed by atoms with Gasteiger partial charge >= 0.3 is 0 Å². The highest BCUT2D eigenvalue weighted by Gasteiger charge is 2.51. The molecule has 14 heteroatoms. The van der Waals surface area contributed by atoms with Gasteiger partial charge in [-0.2, -0.15) is 0 Å². The maximum absolute atomic E-state index is 13.2. The Labute approximate surface area is 430 Å². The quantitative estimate of drug-likeness (QED) is 0.0205. The second-order valence-electron chi connectivity index (χ2n) is 20.8. The number of aliphatic hydroxyl groups excluding tert-OH is 8. The number of ether oxygens (including phenoxy) is 4. The third-order valence-electron chi connectivity index (χ3n) is 14.4. The summed E-state index contributed by atoms with van der Waals surface area (Å²) < 4.78 is 22.7. The first kappa shape index (κ1) is 65.6. The fourth-order valence-electron chi connectivity index (χ4n) is 9.64. The summed E-state index contributed by atoms with van der Waals surface area (Å²) >= 11 is 0. The molecule has 2 fully saturated rings. The molecule has 2 rings (SSSR count). The molecule has 0 aromatic rings. The first-order chi connectivity index (χ1) is 34.6. The van der Waals surface area contributed by atoms with Crippen LogP contribution in [-0.4, -0.2) is 140 Å². The Bertz CT molecular complexity index is 1290. The summed E-state index contributed by atoms with van der Waals surface area (Å²) in [4.78, 5) is 13.2. The molecule has 0 aliphatic carbocycles. The number of nitrogens with one attached hydrogen (secondary N) is 1. The summed E-state index contributed by atoms with van der Waals surface area (Å²) in [7, 11) is 0. The monoisotopic (exact) mass is 1010 g/mol. The van der Waals surface area contributed by atoms with Gasteiger partial charge in [-0.3, -0.25) is 4.79 Å². The highest BCUT2D eigenvalue weighted by molar-refractivity contribution is 5.76. The van der Waals surface area contributed by atoms with Crippen LogP contribution >= 0.6 is 0 Å². The molecule has 0 spiro atoms. The summed E-state index contributed by atoms with van der Waals surface area (Å²) in [6.07, 6.45) is 33.7. The van der Waals surface area contributed by atoms with Gasteiger partial charge in [-0.1, -0.05) is 212 Å². The Morgan fingerprint density at radius 3 is 1.35 bits per heavy atom. The van der Waals surface area contributed by atoms with Gasteiger partial charge in [0.2, 0.25) is 5.91 Å². The van der Waals surface area contributed by atoms with Crippen molar-refractivity contribution in [3.05, 3.63) is 24.3 Å². The lowest BCUT2D eigenvalue weighted by molar-refractivity contribution is -0.359. The minimum atomic E-state index is -1.79. The molecule has 9 N–H and O–H groups in total. The molecule has 0 bridgehead atoms. The summed E-state index contributed by atoms with van der Waals surface area (Å²) in [5.74, 6) is -0.247. The Balaban J connectivity index is 1.76. The van der Waals surface area contributed by atoms with E-state index in [2.05, 4.69) is 31.3 Å². The molecule has 0 aromatic carbocycles. The van der Waals surface area contributed by atoms with Crippen LogP contribution in [0.25, 0.3) is 0 Å². The smallest absolute Gasteiger partial charge is 0.220 e. The van der Waals surface area contributed by atoms with E-state index >= 15 is 0 Å². The largest absolute Gasteiger partial charge is 0.394 e. The standard InChI is InChI=1S/C57H107NO13/c1-3-5-7-9-11-13-15-17-18-19-20-21-22-23-24-25-26-27-29-30-32-34-36-38-40-46(61)45(58-49(62)41-39-37-35-33-31-28-16-14-12-10-8-6-4-2)44-68-56-54(67)52(65)55(48(43-60)70-56)71-57-53(66)51(64)50(63)47(42-59)69-57/h14,16,38,40,45-48,50-57,59-61,63-67H,3-13,15,17-37,39,41-44H2,1-2H3,(H,58,62)/b16-14-,40-38+. The van der Waals surface area contributed by atoms with Gasteiger partial charge in [0.1, 0.15) is 48.8 Å². The number of amides is 1. The number of aliphatic hydroxyl groups is 8. The third kappa shape index (κ3) is 30.0. The minimum absolute atomic E-state index is 0.247. The summed E-state index contributed by atoms with van der Waals surface area (Å²) in [5.41, 5.74) is 0. The van der Waals surface area contributed by atoms with E-state index in [1.807, 2.05) is 6.08 Å². The van der Waals surface area contributed by atoms with E-state index < -0.39 is 86.8 Å². The number of hydrogen-bond acceptors (Lipinski definition) is 13. The maximum atomic E-state index is 13.2. The van der Waals surface area contributed by atoms with Crippen molar-refractivity contribution in [2.45, 2.75) is 312 Å². The third-order valence-corrected chi connectivity index (χ3v) is 14.4. The number of carbonyl (C=O) groups excluding carboxylic acids is 1. The van der Waals surface area contributed by atoms with Gasteiger partial charge in [0.15, 0.2) is 12.6 Å². The normalized spacial score (nSPS) is 25.9. The molecule has 12 atom stereocenters. The van der Waals surface area contributed by atoms with Crippen LogP contribution in [0.3, 0.4) is 0 Å². The van der Waals surface area contributed by atoms with Crippen LogP contribution in [0.4, 0.5) is 0 Å². The predicted octanol–water partition coefficient (Wildman–Crippen LogP) is 9.28. The SMILES string of the molecule is CCCCCC/C=C\CCCCCCCC(=O)NC(COC1OC(CO)C(OC2OC(CO)C(O)C(O)C2O)C(O)C1O)C(O)/C=C/CCCCCCCCCCCCCCCCCCCCCCCC. The predicted molar refractivity (Wildman–Crippen MR) is 282 cm³/mol. The van der Waals surface area contributed by atoms with Gasteiger partial charge in [0.25, 0.3) is 0 Å². The lowest BCUT2D eigenvalue weighted by atomic mass is 9.97. The Hall–Kier alpha value is -1.53. The number of unbranched alkanes of at least 4 members (excludes halogenated alkanes) is 31. The molecule has 2 heterocycles. The molecule has 2 aliphatic rings. The van der Waals surface area contributed by atoms with Crippen LogP contribution in [-0.2, 0) is 23.7 Å². The van der Waals surface area contributed by atoms with Crippen molar-refractivity contribution < 1.29 is 64.6 Å². The minimum Gasteiger partial charge on any atom is -0.394 e. The Morgan fingerprint density at radius 2 is 0.887 bits per heavy atom. The summed E-state index contributed by atoms with van der Waals surface area (Å²) in [6.45, 7) is 2.79. The summed E-state index contributed by atoms with van der Waals surface area (Å²) in [6, 6.07) is -0.916. The van der Waals surface area contributed by atoms with Crippen molar-refractivity contribution >= 4 is 5.91 Å². The average Bonchev–Trinajstić information content (AvgIpc) is 3.37. The van der Waals surface area contributed by atoms with Crippen molar-refractivity contribution in [1.29, 1.82) is 0 Å². The van der Waals surface area contributed by atoms with Crippen molar-refractivity contribution in [2.24, 2.45) is 0 Å². The van der Waals surface area contributed by atoms with E-state index in [4.69, 9.17) is 18.9 Å². The van der Waals surface area contributed by atoms with E-state index in [-0.39, 0.29) is 18.9 Å². The second-order valence-corrected chi connectivity index (χ2v) is 20.8. The first-order valence-corrected chi connectivity index (χ1v) is 29.1. The number of allylic oxidation sites excluding steroid dienone is 3. The van der Waals surface area contributed by atoms with Crippen LogP contribution in [0, 0.1) is 0 Å². The fraction of sp³-hybridized carbons (Fsp3) is 0.912. The zero-order chi connectivity index (χ0) is 51.7. The van der Waals surface area contributed by atoms with Crippen LogP contribution in [0.15, 0.2) is 24.3 Å². The van der Waals surface area contributed by atoms with Crippen molar-refractivity contribution in [2.75, 3.05) is 19.8 Å². The van der Waals surface area contributed by atoms with Gasteiger partial charge < -0.3 is 65.1 Å². The molecule has 1 amide bonds. The molecule has 2 aliphatic heterocycles. The van der Waals surface area contributed by atoms with Crippen LogP contribution in [0.5, 0.6) is 0 Å². The molecule has 0 saturated carbocycles. The van der Waals surface area contributed by atoms with E-state index in [0.717, 1.165) is 57.8 Å². The molecule has 418 valence electrons. The van der Waals surface area contributed by atoms with E-state index in [9.17, 15) is 45.6 Å². The van der Waals surface area contributed by atoms with Crippen LogP contribution < -0.4 is 5.32 Å². The fourth-order valence-corrected chi connectivity index (χ4v) is 9.64. The molecule has 12 unspecified atom stereocenters. The second kappa shape index (κ2) is 43.7. The molecule has 71 heavy (non-hydrogen) atoms. The maximum Gasteiger partial charge on any atom is 0.220 e. The first-order valence-electron chi connectivity index (χ1n) is 29.1. The molecule has 0 aromatic heterocycles. The van der Waals surface area contributed by atoms with E-state index in [1.54, 1.807) is 6.08 Å². The zero-order valence-corrected chi connectivity index (χ0v) is 44.7. The van der Waals surface area contributed by atoms with Gasteiger partial charge in [0, 0.05) is 6.42 Å². The number of carbonyl (C=O) groups is 1. The number of hydrogen-bond donors (Lipinski definition) is 9.